The fourth-order valence-electron chi connectivity index (χ4n) is 4.02. The van der Waals surface area contributed by atoms with Gasteiger partial charge in [-0.25, -0.2) is 4.68 Å². The number of para-hydroxylation sites is 2. The molecule has 0 radical (unpaired) electrons. The second kappa shape index (κ2) is 7.60. The predicted octanol–water partition coefficient (Wildman–Crippen LogP) is 3.73. The van der Waals surface area contributed by atoms with Crippen LogP contribution in [-0.2, 0) is 11.3 Å². The Balaban J connectivity index is 1.52. The number of aryl methyl sites for hydroxylation is 1. The van der Waals surface area contributed by atoms with Crippen molar-refractivity contribution in [1.29, 1.82) is 0 Å². The maximum Gasteiger partial charge on any atom is 0.244 e. The molecule has 2 aromatic carbocycles. The molecule has 0 aliphatic carbocycles. The zero-order chi connectivity index (χ0) is 19.7. The normalized spacial score (nSPS) is 16.9. The first-order valence-corrected chi connectivity index (χ1v) is 9.73. The second-order valence-corrected chi connectivity index (χ2v) is 7.44. The number of carbonyl (C=O) groups is 1. The number of hydrogen-bond donors (Lipinski definition) is 0. The van der Waals surface area contributed by atoms with Gasteiger partial charge in [0.05, 0.1) is 17.4 Å². The van der Waals surface area contributed by atoms with Crippen LogP contribution in [0.2, 0.25) is 0 Å². The minimum absolute atomic E-state index is 0.0981. The van der Waals surface area contributed by atoms with Crippen LogP contribution in [0.15, 0.2) is 60.7 Å². The number of anilines is 1. The van der Waals surface area contributed by atoms with Crippen molar-refractivity contribution < 1.29 is 4.79 Å². The summed E-state index contributed by atoms with van der Waals surface area (Å²) in [5.74, 6) is 0.180. The summed E-state index contributed by atoms with van der Waals surface area (Å²) in [7, 11) is 2.04. The summed E-state index contributed by atoms with van der Waals surface area (Å²) < 4.78 is 1.99. The van der Waals surface area contributed by atoms with Crippen LogP contribution in [0.3, 0.4) is 0 Å². The Morgan fingerprint density at radius 3 is 2.25 bits per heavy atom. The van der Waals surface area contributed by atoms with E-state index in [1.807, 2.05) is 72.1 Å². The number of likely N-dealkylation sites (N-methyl/N-ethyl adjacent to an activating group) is 1. The van der Waals surface area contributed by atoms with Crippen LogP contribution in [0.1, 0.15) is 23.4 Å². The predicted molar refractivity (Wildman–Crippen MR) is 112 cm³/mol. The summed E-state index contributed by atoms with van der Waals surface area (Å²) >= 11 is 0. The van der Waals surface area contributed by atoms with Gasteiger partial charge in [0.25, 0.3) is 0 Å². The maximum atomic E-state index is 13.0. The topological polar surface area (TPSA) is 41.4 Å². The highest BCUT2D eigenvalue weighted by Gasteiger charge is 2.35. The molecule has 1 amide bonds. The fourth-order valence-corrected chi connectivity index (χ4v) is 4.02. The van der Waals surface area contributed by atoms with Crippen molar-refractivity contribution in [2.75, 3.05) is 18.5 Å². The molecule has 1 aliphatic rings. The van der Waals surface area contributed by atoms with E-state index in [9.17, 15) is 4.79 Å². The van der Waals surface area contributed by atoms with Crippen LogP contribution in [0, 0.1) is 13.8 Å². The highest BCUT2D eigenvalue weighted by molar-refractivity contribution is 5.99. The molecule has 4 rings (SSSR count). The average molecular weight is 374 g/mol. The maximum absolute atomic E-state index is 13.0. The number of nitrogens with zero attached hydrogens (tertiary/aromatic N) is 4. The van der Waals surface area contributed by atoms with Crippen molar-refractivity contribution >= 4 is 11.6 Å². The highest BCUT2D eigenvalue weighted by atomic mass is 16.2. The van der Waals surface area contributed by atoms with Crippen LogP contribution in [0.4, 0.5) is 5.69 Å². The van der Waals surface area contributed by atoms with Gasteiger partial charge in [-0.15, -0.1) is 0 Å². The van der Waals surface area contributed by atoms with Gasteiger partial charge in [-0.3, -0.25) is 9.69 Å². The highest BCUT2D eigenvalue weighted by Crippen LogP contribution is 2.26. The molecule has 1 fully saturated rings. The van der Waals surface area contributed by atoms with Gasteiger partial charge in [0.2, 0.25) is 5.91 Å². The van der Waals surface area contributed by atoms with Crippen molar-refractivity contribution in [2.24, 2.45) is 0 Å². The van der Waals surface area contributed by atoms with Gasteiger partial charge >= 0.3 is 0 Å². The third-order valence-electron chi connectivity index (χ3n) is 5.63. The Morgan fingerprint density at radius 1 is 1.00 bits per heavy atom. The summed E-state index contributed by atoms with van der Waals surface area (Å²) in [6.07, 6.45) is 0.842. The zero-order valence-corrected chi connectivity index (χ0v) is 16.7. The smallest absolute Gasteiger partial charge is 0.244 e. The molecule has 1 saturated heterocycles. The Bertz CT molecular complexity index is 965. The van der Waals surface area contributed by atoms with E-state index in [1.54, 1.807) is 0 Å². The molecule has 1 atom stereocenters. The summed E-state index contributed by atoms with van der Waals surface area (Å²) in [6.45, 7) is 5.62. The number of rotatable bonds is 5. The minimum atomic E-state index is -0.0981. The third kappa shape index (κ3) is 3.34. The standard InChI is InChI=1S/C23H26N4O/c1-17-21(18(2)27(24-17)20-12-8-5-9-13-20)16-25(3)22-14-15-26(23(22)28)19-10-6-4-7-11-19/h4-13,22H,14-16H2,1-3H3/t22-/m1/s1. The molecule has 0 unspecified atom stereocenters. The Morgan fingerprint density at radius 2 is 1.61 bits per heavy atom. The lowest BCUT2D eigenvalue weighted by Gasteiger charge is -2.24. The Hall–Kier alpha value is -2.92. The van der Waals surface area contributed by atoms with E-state index in [-0.39, 0.29) is 11.9 Å². The fraction of sp³-hybridized carbons (Fsp3) is 0.304. The average Bonchev–Trinajstić information content (AvgIpc) is 3.24. The minimum Gasteiger partial charge on any atom is -0.311 e. The first-order valence-electron chi connectivity index (χ1n) is 9.73. The van der Waals surface area contributed by atoms with Crippen molar-refractivity contribution in [1.82, 2.24) is 14.7 Å². The summed E-state index contributed by atoms with van der Waals surface area (Å²) in [5.41, 5.74) is 5.37. The van der Waals surface area contributed by atoms with E-state index in [1.165, 1.54) is 5.56 Å². The number of carbonyl (C=O) groups excluding carboxylic acids is 1. The first-order chi connectivity index (χ1) is 13.6. The number of hydrogen-bond acceptors (Lipinski definition) is 3. The van der Waals surface area contributed by atoms with Crippen molar-refractivity contribution in [3.05, 3.63) is 77.6 Å². The van der Waals surface area contributed by atoms with E-state index >= 15 is 0 Å². The molecule has 0 spiro atoms. The molecule has 1 aromatic heterocycles. The third-order valence-corrected chi connectivity index (χ3v) is 5.63. The van der Waals surface area contributed by atoms with Crippen LogP contribution >= 0.6 is 0 Å². The van der Waals surface area contributed by atoms with Gasteiger partial charge in [-0.05, 0) is 51.6 Å². The van der Waals surface area contributed by atoms with Gasteiger partial charge in [-0.2, -0.15) is 5.10 Å². The van der Waals surface area contributed by atoms with E-state index < -0.39 is 0 Å². The van der Waals surface area contributed by atoms with Gasteiger partial charge in [0.15, 0.2) is 0 Å². The van der Waals surface area contributed by atoms with Crippen LogP contribution in [-0.4, -0.2) is 40.2 Å². The molecule has 0 bridgehead atoms. The van der Waals surface area contributed by atoms with Gasteiger partial charge in [0, 0.05) is 30.0 Å². The van der Waals surface area contributed by atoms with Gasteiger partial charge < -0.3 is 4.90 Å². The van der Waals surface area contributed by atoms with Crippen molar-refractivity contribution in [2.45, 2.75) is 32.9 Å². The van der Waals surface area contributed by atoms with E-state index in [0.717, 1.165) is 35.7 Å². The van der Waals surface area contributed by atoms with E-state index in [0.29, 0.717) is 6.54 Å². The zero-order valence-electron chi connectivity index (χ0n) is 16.7. The Kier molecular flexibility index (Phi) is 5.01. The summed E-state index contributed by atoms with van der Waals surface area (Å²) in [6, 6.07) is 20.0. The largest absolute Gasteiger partial charge is 0.311 e. The van der Waals surface area contributed by atoms with E-state index in [4.69, 9.17) is 5.10 Å². The quantitative estimate of drug-likeness (QED) is 0.683. The molecular formula is C23H26N4O. The molecule has 144 valence electrons. The monoisotopic (exact) mass is 374 g/mol. The molecule has 5 heteroatoms. The molecule has 3 aromatic rings. The molecule has 1 aliphatic heterocycles. The second-order valence-electron chi connectivity index (χ2n) is 7.44. The summed E-state index contributed by atoms with van der Waals surface area (Å²) in [5, 5.41) is 4.74. The van der Waals surface area contributed by atoms with Gasteiger partial charge in [0.1, 0.15) is 0 Å². The van der Waals surface area contributed by atoms with Crippen LogP contribution in [0.25, 0.3) is 5.69 Å². The van der Waals surface area contributed by atoms with E-state index in [2.05, 4.69) is 24.0 Å². The number of benzene rings is 2. The van der Waals surface area contributed by atoms with Gasteiger partial charge in [-0.1, -0.05) is 36.4 Å². The Labute approximate surface area is 166 Å². The number of amides is 1. The molecule has 5 nitrogen and oxygen atoms in total. The van der Waals surface area contributed by atoms with Crippen LogP contribution in [0.5, 0.6) is 0 Å². The first kappa shape index (κ1) is 18.4. The lowest BCUT2D eigenvalue weighted by atomic mass is 10.1. The van der Waals surface area contributed by atoms with Crippen LogP contribution < -0.4 is 4.90 Å². The SMILES string of the molecule is Cc1nn(-c2ccccc2)c(C)c1CN(C)[C@@H]1CCN(c2ccccc2)C1=O. The molecule has 0 saturated carbocycles. The van der Waals surface area contributed by atoms with Crippen molar-refractivity contribution in [3.63, 3.8) is 0 Å². The lowest BCUT2D eigenvalue weighted by Crippen LogP contribution is -2.39. The molecule has 28 heavy (non-hydrogen) atoms. The summed E-state index contributed by atoms with van der Waals surface area (Å²) in [4.78, 5) is 17.1. The number of aromatic nitrogens is 2. The lowest BCUT2D eigenvalue weighted by molar-refractivity contribution is -0.121. The van der Waals surface area contributed by atoms with Crippen molar-refractivity contribution in [3.8, 4) is 5.69 Å². The molecule has 2 heterocycles. The molecular weight excluding hydrogens is 348 g/mol. The molecule has 0 N–H and O–H groups in total.